The van der Waals surface area contributed by atoms with E-state index in [1.807, 2.05) is 29.0 Å². The molecule has 2 heterocycles. The molecule has 1 fully saturated rings. The van der Waals surface area contributed by atoms with Crippen LogP contribution in [0.4, 0.5) is 4.79 Å². The fraction of sp³-hybridized carbons (Fsp3) is 0.136. The first-order valence-electron chi connectivity index (χ1n) is 9.16. The summed E-state index contributed by atoms with van der Waals surface area (Å²) in [7, 11) is 0. The Morgan fingerprint density at radius 3 is 2.57 bits per heavy atom. The van der Waals surface area contributed by atoms with Crippen molar-refractivity contribution in [1.82, 2.24) is 10.2 Å². The maximum atomic E-state index is 13.0. The van der Waals surface area contributed by atoms with Gasteiger partial charge in [-0.1, -0.05) is 47.6 Å². The third-order valence-corrected chi connectivity index (χ3v) is 6.54. The van der Waals surface area contributed by atoms with Gasteiger partial charge >= 0.3 is 0 Å². The highest BCUT2D eigenvalue weighted by molar-refractivity contribution is 8.14. The molecule has 1 aromatic heterocycles. The van der Waals surface area contributed by atoms with Gasteiger partial charge in [0.1, 0.15) is 0 Å². The molecule has 3 aromatic rings. The second-order valence-corrected chi connectivity index (χ2v) is 8.89. The van der Waals surface area contributed by atoms with Gasteiger partial charge in [0.25, 0.3) is 11.1 Å². The van der Waals surface area contributed by atoms with E-state index < -0.39 is 0 Å². The van der Waals surface area contributed by atoms with Gasteiger partial charge in [0.15, 0.2) is 0 Å². The molecule has 0 bridgehead atoms. The van der Waals surface area contributed by atoms with Crippen molar-refractivity contribution >= 4 is 51.8 Å². The van der Waals surface area contributed by atoms with Crippen molar-refractivity contribution in [1.29, 1.82) is 0 Å². The van der Waals surface area contributed by atoms with Crippen LogP contribution in [0.25, 0.3) is 0 Å². The summed E-state index contributed by atoms with van der Waals surface area (Å²) in [6.07, 6.45) is 0. The van der Waals surface area contributed by atoms with Crippen LogP contribution in [-0.2, 0) is 11.3 Å². The second kappa shape index (κ2) is 9.04. The largest absolute Gasteiger partial charge is 0.341 e. The van der Waals surface area contributed by atoms with Gasteiger partial charge in [-0.15, -0.1) is 0 Å². The summed E-state index contributed by atoms with van der Waals surface area (Å²) < 4.78 is 0. The minimum Gasteiger partial charge on any atom is -0.341 e. The zero-order valence-electron chi connectivity index (χ0n) is 15.7. The SMILES string of the molecule is O=C(NC(c1ccc(Cl)cc1)c1ccsc1)c1cccc(CN2C(=O)CSC2=O)c1. The Morgan fingerprint density at radius 1 is 1.10 bits per heavy atom. The van der Waals surface area contributed by atoms with E-state index in [-0.39, 0.29) is 35.4 Å². The number of benzene rings is 2. The predicted octanol–water partition coefficient (Wildman–Crippen LogP) is 5.12. The molecular weight excluding hydrogens is 440 g/mol. The van der Waals surface area contributed by atoms with Gasteiger partial charge in [0, 0.05) is 10.6 Å². The summed E-state index contributed by atoms with van der Waals surface area (Å²) in [6, 6.07) is 16.0. The van der Waals surface area contributed by atoms with Crippen LogP contribution in [0.1, 0.15) is 33.1 Å². The average molecular weight is 457 g/mol. The van der Waals surface area contributed by atoms with Gasteiger partial charge in [-0.3, -0.25) is 19.3 Å². The molecule has 0 aliphatic carbocycles. The summed E-state index contributed by atoms with van der Waals surface area (Å²) >= 11 is 8.57. The molecule has 1 N–H and O–H groups in total. The van der Waals surface area contributed by atoms with Crippen molar-refractivity contribution < 1.29 is 14.4 Å². The van der Waals surface area contributed by atoms with Crippen LogP contribution in [0.3, 0.4) is 0 Å². The van der Waals surface area contributed by atoms with E-state index in [1.54, 1.807) is 47.7 Å². The molecule has 1 aliphatic rings. The number of nitrogens with one attached hydrogen (secondary N) is 1. The Labute approximate surface area is 187 Å². The number of carbonyl (C=O) groups is 3. The normalized spacial score (nSPS) is 14.8. The molecule has 8 heteroatoms. The maximum Gasteiger partial charge on any atom is 0.289 e. The second-order valence-electron chi connectivity index (χ2n) is 6.75. The fourth-order valence-electron chi connectivity index (χ4n) is 3.20. The molecule has 4 rings (SSSR count). The number of amides is 3. The number of nitrogens with zero attached hydrogens (tertiary/aromatic N) is 1. The molecule has 5 nitrogen and oxygen atoms in total. The van der Waals surface area contributed by atoms with Gasteiger partial charge in [-0.2, -0.15) is 11.3 Å². The Bertz CT molecular complexity index is 1070. The third-order valence-electron chi connectivity index (χ3n) is 4.73. The zero-order chi connectivity index (χ0) is 21.1. The summed E-state index contributed by atoms with van der Waals surface area (Å²) in [6.45, 7) is 0.164. The fourth-order valence-corrected chi connectivity index (χ4v) is 4.73. The Balaban J connectivity index is 1.55. The number of halogens is 1. The van der Waals surface area contributed by atoms with E-state index >= 15 is 0 Å². The highest BCUT2D eigenvalue weighted by atomic mass is 35.5. The standard InChI is InChI=1S/C22H17ClN2O3S2/c23-18-6-4-15(5-7-18)20(17-8-9-29-12-17)24-21(27)16-3-1-2-14(10-16)11-25-19(26)13-30-22(25)28/h1-10,12,20H,11,13H2,(H,24,27). The lowest BCUT2D eigenvalue weighted by atomic mass is 10.0. The number of thiophene rings is 1. The molecule has 1 unspecified atom stereocenters. The molecule has 152 valence electrons. The maximum absolute atomic E-state index is 13.0. The summed E-state index contributed by atoms with van der Waals surface area (Å²) in [4.78, 5) is 37.9. The van der Waals surface area contributed by atoms with Gasteiger partial charge < -0.3 is 5.32 Å². The van der Waals surface area contributed by atoms with E-state index in [0.717, 1.165) is 28.5 Å². The molecule has 2 aromatic carbocycles. The van der Waals surface area contributed by atoms with Gasteiger partial charge in [0.2, 0.25) is 5.91 Å². The lowest BCUT2D eigenvalue weighted by Gasteiger charge is -2.19. The summed E-state index contributed by atoms with van der Waals surface area (Å²) in [5.41, 5.74) is 3.10. The number of hydrogen-bond acceptors (Lipinski definition) is 5. The van der Waals surface area contributed by atoms with Crippen molar-refractivity contribution in [2.24, 2.45) is 0 Å². The monoisotopic (exact) mass is 456 g/mol. The first kappa shape index (κ1) is 20.7. The van der Waals surface area contributed by atoms with Gasteiger partial charge in [0.05, 0.1) is 18.3 Å². The Hall–Kier alpha value is -2.61. The predicted molar refractivity (Wildman–Crippen MR) is 120 cm³/mol. The molecule has 1 saturated heterocycles. The van der Waals surface area contributed by atoms with Crippen LogP contribution in [0, 0.1) is 0 Å². The minimum atomic E-state index is -0.317. The van der Waals surface area contributed by atoms with Crippen LogP contribution < -0.4 is 5.32 Å². The van der Waals surface area contributed by atoms with Crippen LogP contribution >= 0.6 is 34.7 Å². The average Bonchev–Trinajstić information content (AvgIpc) is 3.39. The zero-order valence-corrected chi connectivity index (χ0v) is 18.1. The van der Waals surface area contributed by atoms with E-state index in [1.165, 1.54) is 4.90 Å². The first-order valence-corrected chi connectivity index (χ1v) is 11.5. The van der Waals surface area contributed by atoms with Crippen molar-refractivity contribution in [2.45, 2.75) is 12.6 Å². The number of thioether (sulfide) groups is 1. The lowest BCUT2D eigenvalue weighted by Crippen LogP contribution is -2.30. The Morgan fingerprint density at radius 2 is 1.90 bits per heavy atom. The van der Waals surface area contributed by atoms with Crippen molar-refractivity contribution in [2.75, 3.05) is 5.75 Å². The molecule has 30 heavy (non-hydrogen) atoms. The summed E-state index contributed by atoms with van der Waals surface area (Å²) in [5.74, 6) is -0.279. The third kappa shape index (κ3) is 4.59. The lowest BCUT2D eigenvalue weighted by molar-refractivity contribution is -0.125. The van der Waals surface area contributed by atoms with E-state index in [2.05, 4.69) is 5.32 Å². The van der Waals surface area contributed by atoms with E-state index in [9.17, 15) is 14.4 Å². The number of rotatable bonds is 6. The first-order chi connectivity index (χ1) is 14.5. The number of hydrogen-bond donors (Lipinski definition) is 1. The smallest absolute Gasteiger partial charge is 0.289 e. The molecule has 0 saturated carbocycles. The molecule has 1 atom stereocenters. The molecular formula is C22H17ClN2O3S2. The molecule has 3 amide bonds. The minimum absolute atomic E-state index is 0.164. The molecule has 0 radical (unpaired) electrons. The van der Waals surface area contributed by atoms with Crippen molar-refractivity contribution in [3.63, 3.8) is 0 Å². The quantitative estimate of drug-likeness (QED) is 0.559. The number of carbonyl (C=O) groups excluding carboxylic acids is 3. The number of imide groups is 1. The highest BCUT2D eigenvalue weighted by Gasteiger charge is 2.30. The Kier molecular flexibility index (Phi) is 6.22. The highest BCUT2D eigenvalue weighted by Crippen LogP contribution is 2.26. The van der Waals surface area contributed by atoms with Gasteiger partial charge in [-0.05, 0) is 57.8 Å². The molecule has 0 spiro atoms. The van der Waals surface area contributed by atoms with E-state index in [0.29, 0.717) is 10.6 Å². The topological polar surface area (TPSA) is 66.5 Å². The molecule has 1 aliphatic heterocycles. The van der Waals surface area contributed by atoms with E-state index in [4.69, 9.17) is 11.6 Å². The van der Waals surface area contributed by atoms with Crippen LogP contribution in [0.5, 0.6) is 0 Å². The van der Waals surface area contributed by atoms with Crippen LogP contribution in [0.15, 0.2) is 65.4 Å². The van der Waals surface area contributed by atoms with Gasteiger partial charge in [-0.25, -0.2) is 0 Å². The van der Waals surface area contributed by atoms with Crippen molar-refractivity contribution in [3.8, 4) is 0 Å². The van der Waals surface area contributed by atoms with Crippen LogP contribution in [-0.4, -0.2) is 27.7 Å². The summed E-state index contributed by atoms with van der Waals surface area (Å²) in [5, 5.41) is 7.42. The van der Waals surface area contributed by atoms with Crippen LogP contribution in [0.2, 0.25) is 5.02 Å². The van der Waals surface area contributed by atoms with Crippen molar-refractivity contribution in [3.05, 3.63) is 92.6 Å².